The van der Waals surface area contributed by atoms with Crippen LogP contribution in [-0.4, -0.2) is 63.1 Å². The lowest BCUT2D eigenvalue weighted by molar-refractivity contribution is -0.00934. The van der Waals surface area contributed by atoms with Gasteiger partial charge in [-0.25, -0.2) is 17.9 Å². The predicted molar refractivity (Wildman–Crippen MR) is 116 cm³/mol. The van der Waals surface area contributed by atoms with E-state index in [4.69, 9.17) is 9.47 Å². The zero-order chi connectivity index (χ0) is 21.7. The van der Waals surface area contributed by atoms with Crippen LogP contribution in [-0.2, 0) is 19.5 Å². The van der Waals surface area contributed by atoms with Crippen LogP contribution in [0.2, 0.25) is 0 Å². The van der Waals surface area contributed by atoms with Crippen molar-refractivity contribution in [1.82, 2.24) is 9.62 Å². The van der Waals surface area contributed by atoms with E-state index in [1.807, 2.05) is 6.07 Å². The topological polar surface area (TPSA) is 84.9 Å². The Bertz CT molecular complexity index is 791. The third-order valence-electron chi connectivity index (χ3n) is 5.93. The Morgan fingerprint density at radius 2 is 1.80 bits per heavy atom. The first kappa shape index (κ1) is 23.0. The minimum atomic E-state index is -3.38. The number of hydrogen-bond acceptors (Lipinski definition) is 5. The third-order valence-corrected chi connectivity index (χ3v) is 6.66. The maximum atomic E-state index is 12.5. The Hall–Kier alpha value is -1.64. The first-order valence-corrected chi connectivity index (χ1v) is 12.7. The molecule has 168 valence electrons. The smallest absolute Gasteiger partial charge is 0.410 e. The molecule has 3 rings (SSSR count). The Morgan fingerprint density at radius 3 is 2.40 bits per heavy atom. The summed E-state index contributed by atoms with van der Waals surface area (Å²) in [7, 11) is -3.38. The van der Waals surface area contributed by atoms with Gasteiger partial charge in [0, 0.05) is 12.6 Å². The van der Waals surface area contributed by atoms with Crippen molar-refractivity contribution in [2.24, 2.45) is 0 Å². The van der Waals surface area contributed by atoms with Crippen molar-refractivity contribution in [2.75, 3.05) is 19.4 Å². The number of benzene rings is 1. The van der Waals surface area contributed by atoms with Gasteiger partial charge in [0.05, 0.1) is 31.1 Å². The molecule has 1 heterocycles. The summed E-state index contributed by atoms with van der Waals surface area (Å²) in [6.45, 7) is 4.36. The van der Waals surface area contributed by atoms with Gasteiger partial charge in [-0.2, -0.15) is 0 Å². The van der Waals surface area contributed by atoms with Gasteiger partial charge in [0.1, 0.15) is 0 Å². The monoisotopic (exact) mass is 438 g/mol. The van der Waals surface area contributed by atoms with Crippen LogP contribution < -0.4 is 4.72 Å². The zero-order valence-electron chi connectivity index (χ0n) is 18.1. The lowest BCUT2D eigenvalue weighted by Crippen LogP contribution is -2.49. The Morgan fingerprint density at radius 1 is 1.13 bits per heavy atom. The van der Waals surface area contributed by atoms with Crippen LogP contribution in [0, 0.1) is 0 Å². The van der Waals surface area contributed by atoms with Gasteiger partial charge in [0.15, 0.2) is 0 Å². The van der Waals surface area contributed by atoms with Crippen LogP contribution >= 0.6 is 0 Å². The molecule has 7 nitrogen and oxygen atoms in total. The van der Waals surface area contributed by atoms with Crippen LogP contribution in [0.25, 0.3) is 0 Å². The molecule has 8 heteroatoms. The van der Waals surface area contributed by atoms with Crippen LogP contribution in [0.3, 0.4) is 0 Å². The van der Waals surface area contributed by atoms with E-state index in [1.54, 1.807) is 18.7 Å². The molecule has 0 aromatic heterocycles. The number of nitrogens with one attached hydrogen (secondary N) is 1. The zero-order valence-corrected chi connectivity index (χ0v) is 18.9. The van der Waals surface area contributed by atoms with E-state index in [1.165, 1.54) is 5.56 Å². The molecule has 1 amide bonds. The van der Waals surface area contributed by atoms with Gasteiger partial charge in [-0.05, 0) is 57.4 Å². The van der Waals surface area contributed by atoms with E-state index in [9.17, 15) is 13.2 Å². The molecule has 1 aromatic carbocycles. The summed E-state index contributed by atoms with van der Waals surface area (Å²) >= 11 is 0. The second-order valence-corrected chi connectivity index (χ2v) is 10.5. The highest BCUT2D eigenvalue weighted by Crippen LogP contribution is 2.34. The van der Waals surface area contributed by atoms with Crippen molar-refractivity contribution in [2.45, 2.75) is 76.2 Å². The van der Waals surface area contributed by atoms with Crippen LogP contribution in [0.1, 0.15) is 57.4 Å². The van der Waals surface area contributed by atoms with Gasteiger partial charge in [-0.3, -0.25) is 0 Å². The van der Waals surface area contributed by atoms with E-state index in [2.05, 4.69) is 29.0 Å². The van der Waals surface area contributed by atoms with Crippen molar-refractivity contribution in [1.29, 1.82) is 0 Å². The number of likely N-dealkylation sites (tertiary alicyclic amines) is 1. The maximum Gasteiger partial charge on any atom is 0.410 e. The molecule has 1 aromatic rings. The molecule has 0 unspecified atom stereocenters. The molecule has 0 spiro atoms. The second-order valence-electron chi connectivity index (χ2n) is 8.70. The molecule has 2 fully saturated rings. The number of carbonyl (C=O) groups excluding carboxylic acids is 1. The van der Waals surface area contributed by atoms with Gasteiger partial charge >= 0.3 is 6.09 Å². The summed E-state index contributed by atoms with van der Waals surface area (Å²) in [5, 5.41) is 0. The van der Waals surface area contributed by atoms with Gasteiger partial charge in [-0.15, -0.1) is 0 Å². The van der Waals surface area contributed by atoms with Gasteiger partial charge in [-0.1, -0.05) is 30.3 Å². The molecular weight excluding hydrogens is 404 g/mol. The summed E-state index contributed by atoms with van der Waals surface area (Å²) in [6, 6.07) is 9.85. The fourth-order valence-electron chi connectivity index (χ4n) is 4.49. The summed E-state index contributed by atoms with van der Waals surface area (Å²) in [5.74, 6) is 0.565. The summed E-state index contributed by atoms with van der Waals surface area (Å²) in [6.07, 6.45) is 5.26. The molecule has 2 atom stereocenters. The van der Waals surface area contributed by atoms with Crippen LogP contribution in [0.5, 0.6) is 0 Å². The second kappa shape index (κ2) is 10.1. The number of sulfonamides is 1. The highest BCUT2D eigenvalue weighted by atomic mass is 32.2. The summed E-state index contributed by atoms with van der Waals surface area (Å²) < 4.78 is 37.8. The Labute approximate surface area is 180 Å². The van der Waals surface area contributed by atoms with Gasteiger partial charge in [0.2, 0.25) is 10.0 Å². The number of hydrogen-bond donors (Lipinski definition) is 1. The normalized spacial score (nSPS) is 27.4. The van der Waals surface area contributed by atoms with Crippen molar-refractivity contribution >= 4 is 16.1 Å². The van der Waals surface area contributed by atoms with E-state index in [-0.39, 0.29) is 24.3 Å². The van der Waals surface area contributed by atoms with E-state index in [0.717, 1.165) is 31.9 Å². The first-order chi connectivity index (χ1) is 14.2. The number of amides is 1. The number of nitrogens with zero attached hydrogens (tertiary/aromatic N) is 1. The molecule has 0 bridgehead atoms. The molecule has 0 radical (unpaired) electrons. The number of ether oxygens (including phenoxy) is 2. The van der Waals surface area contributed by atoms with Gasteiger partial charge in [0.25, 0.3) is 0 Å². The maximum absolute atomic E-state index is 12.5. The van der Waals surface area contributed by atoms with Crippen molar-refractivity contribution in [3.05, 3.63) is 35.9 Å². The van der Waals surface area contributed by atoms with Gasteiger partial charge < -0.3 is 14.4 Å². The molecule has 1 saturated carbocycles. The molecule has 2 aliphatic rings. The number of carbonyl (C=O) groups is 1. The lowest BCUT2D eigenvalue weighted by Gasteiger charge is -2.32. The fraction of sp³-hybridized carbons (Fsp3) is 0.682. The van der Waals surface area contributed by atoms with Crippen molar-refractivity contribution < 1.29 is 22.7 Å². The quantitative estimate of drug-likeness (QED) is 0.706. The average Bonchev–Trinajstić information content (AvgIpc) is 3.08. The van der Waals surface area contributed by atoms with E-state index >= 15 is 0 Å². The van der Waals surface area contributed by atoms with E-state index in [0.29, 0.717) is 25.5 Å². The summed E-state index contributed by atoms with van der Waals surface area (Å²) in [5.41, 5.74) is 1.38. The van der Waals surface area contributed by atoms with Crippen molar-refractivity contribution in [3.8, 4) is 0 Å². The van der Waals surface area contributed by atoms with Crippen molar-refractivity contribution in [3.63, 3.8) is 0 Å². The third kappa shape index (κ3) is 6.43. The van der Waals surface area contributed by atoms with E-state index < -0.39 is 16.1 Å². The minimum Gasteiger partial charge on any atom is -0.447 e. The molecular formula is C22H34N2O5S. The SMILES string of the molecule is CC(C)OC(=O)N1CC[C@H](NS(C)(=O)=O)[C@@H]1CO[C@H]1CC[C@@H](c2ccccc2)CC1. The molecule has 1 N–H and O–H groups in total. The highest BCUT2D eigenvalue weighted by Gasteiger charge is 2.40. The number of rotatable bonds is 7. The molecule has 1 aliphatic heterocycles. The standard InChI is InChI=1S/C22H34N2O5S/c1-16(2)29-22(25)24-14-13-20(23-30(3,26)27)21(24)15-28-19-11-9-18(10-12-19)17-7-5-4-6-8-17/h4-8,16,18-21,23H,9-15H2,1-3H3/t18-,19+,20-,21-/m0/s1. The first-order valence-electron chi connectivity index (χ1n) is 10.8. The van der Waals surface area contributed by atoms with Crippen LogP contribution in [0.15, 0.2) is 30.3 Å². The Balaban J connectivity index is 1.57. The van der Waals surface area contributed by atoms with Crippen LogP contribution in [0.4, 0.5) is 4.79 Å². The largest absolute Gasteiger partial charge is 0.447 e. The average molecular weight is 439 g/mol. The molecule has 1 aliphatic carbocycles. The predicted octanol–water partition coefficient (Wildman–Crippen LogP) is 3.27. The highest BCUT2D eigenvalue weighted by molar-refractivity contribution is 7.88. The minimum absolute atomic E-state index is 0.132. The molecule has 30 heavy (non-hydrogen) atoms. The Kier molecular flexibility index (Phi) is 7.76. The molecule has 1 saturated heterocycles. The summed E-state index contributed by atoms with van der Waals surface area (Å²) in [4.78, 5) is 14.1. The fourth-order valence-corrected chi connectivity index (χ4v) is 5.32. The lowest BCUT2D eigenvalue weighted by atomic mass is 9.83.